The van der Waals surface area contributed by atoms with Crippen LogP contribution in [0, 0.1) is 6.92 Å². The fourth-order valence-electron chi connectivity index (χ4n) is 2.70. The average molecular weight is 422 g/mol. The summed E-state index contributed by atoms with van der Waals surface area (Å²) < 4.78 is 39.5. The van der Waals surface area contributed by atoms with Crippen LogP contribution in [0.25, 0.3) is 0 Å². The highest BCUT2D eigenvalue weighted by Gasteiger charge is 2.35. The highest BCUT2D eigenvalue weighted by molar-refractivity contribution is 6.45. The van der Waals surface area contributed by atoms with Crippen LogP contribution in [0.15, 0.2) is 46.8 Å². The van der Waals surface area contributed by atoms with Gasteiger partial charge in [-0.25, -0.2) is 0 Å². The van der Waals surface area contributed by atoms with Crippen LogP contribution in [-0.2, 0) is 27.3 Å². The van der Waals surface area contributed by atoms with Gasteiger partial charge in [0.15, 0.2) is 11.4 Å². The zero-order chi connectivity index (χ0) is 22.3. The monoisotopic (exact) mass is 422 g/mol. The van der Waals surface area contributed by atoms with Crippen molar-refractivity contribution in [2.45, 2.75) is 26.6 Å². The molecule has 1 heterocycles. The molecule has 10 heteroatoms. The summed E-state index contributed by atoms with van der Waals surface area (Å²) in [6.07, 6.45) is -3.55. The zero-order valence-electron chi connectivity index (χ0n) is 16.9. The van der Waals surface area contributed by atoms with Gasteiger partial charge in [0, 0.05) is 29.9 Å². The quantitative estimate of drug-likeness (QED) is 0.547. The van der Waals surface area contributed by atoms with E-state index in [0.717, 1.165) is 11.8 Å². The minimum atomic E-state index is -4.62. The van der Waals surface area contributed by atoms with Crippen LogP contribution in [-0.4, -0.2) is 36.5 Å². The number of nitrogens with zero attached hydrogens (tertiary/aromatic N) is 3. The number of amides is 1. The van der Waals surface area contributed by atoms with E-state index < -0.39 is 17.8 Å². The molecular weight excluding hydrogens is 401 g/mol. The highest BCUT2D eigenvalue weighted by atomic mass is 19.4. The van der Waals surface area contributed by atoms with Gasteiger partial charge in [-0.1, -0.05) is 28.5 Å². The summed E-state index contributed by atoms with van der Waals surface area (Å²) in [6, 6.07) is 7.86. The molecule has 0 saturated heterocycles. The predicted octanol–water partition coefficient (Wildman–Crippen LogP) is 3.45. The summed E-state index contributed by atoms with van der Waals surface area (Å²) in [6.45, 7) is 3.10. The van der Waals surface area contributed by atoms with Crippen molar-refractivity contribution in [2.75, 3.05) is 14.2 Å². The molecule has 0 aliphatic carbocycles. The lowest BCUT2D eigenvalue weighted by molar-refractivity contribution is -0.141. The van der Waals surface area contributed by atoms with Gasteiger partial charge in [-0.05, 0) is 31.5 Å². The van der Waals surface area contributed by atoms with Crippen molar-refractivity contribution >= 4 is 17.3 Å². The first kappa shape index (κ1) is 22.9. The SMILES string of the molecule is CNC(=O)/C(=N/OC)c1cccc(C)c1CO/N=C(\C)c1cccnc1C(F)(F)F. The molecule has 7 nitrogen and oxygen atoms in total. The molecule has 2 rings (SSSR count). The standard InChI is InChI=1S/C20H21F3N4O3/c1-12-7-5-8-15(17(27-29-4)19(28)24-3)16(12)11-30-26-13(2)14-9-6-10-25-18(14)20(21,22)23/h5-10H,11H2,1-4H3,(H,24,28)/b26-13+,27-17+. The molecule has 0 aliphatic heterocycles. The summed E-state index contributed by atoms with van der Waals surface area (Å²) in [5.41, 5.74) is 0.669. The molecule has 0 unspecified atom stereocenters. The Hall–Kier alpha value is -3.43. The van der Waals surface area contributed by atoms with Crippen molar-refractivity contribution in [1.82, 2.24) is 10.3 Å². The van der Waals surface area contributed by atoms with Gasteiger partial charge in [-0.15, -0.1) is 0 Å². The molecule has 0 radical (unpaired) electrons. The number of carbonyl (C=O) groups is 1. The third-order valence-electron chi connectivity index (χ3n) is 4.17. The lowest BCUT2D eigenvalue weighted by Gasteiger charge is -2.13. The van der Waals surface area contributed by atoms with Gasteiger partial charge in [0.1, 0.15) is 13.7 Å². The Bertz CT molecular complexity index is 972. The second-order valence-corrected chi connectivity index (χ2v) is 6.15. The van der Waals surface area contributed by atoms with Crippen LogP contribution < -0.4 is 5.32 Å². The van der Waals surface area contributed by atoms with Crippen LogP contribution in [0.3, 0.4) is 0 Å². The molecule has 1 aromatic carbocycles. The Balaban J connectivity index is 2.33. The fraction of sp³-hybridized carbons (Fsp3) is 0.300. The van der Waals surface area contributed by atoms with Crippen LogP contribution in [0.4, 0.5) is 13.2 Å². The normalized spacial score (nSPS) is 12.5. The third-order valence-corrected chi connectivity index (χ3v) is 4.17. The second-order valence-electron chi connectivity index (χ2n) is 6.15. The number of nitrogens with one attached hydrogen (secondary N) is 1. The minimum Gasteiger partial charge on any atom is -0.398 e. The van der Waals surface area contributed by atoms with Crippen molar-refractivity contribution in [3.63, 3.8) is 0 Å². The Morgan fingerprint density at radius 2 is 1.87 bits per heavy atom. The molecule has 0 saturated carbocycles. The van der Waals surface area contributed by atoms with Crippen molar-refractivity contribution in [3.8, 4) is 0 Å². The summed E-state index contributed by atoms with van der Waals surface area (Å²) >= 11 is 0. The summed E-state index contributed by atoms with van der Waals surface area (Å²) in [4.78, 5) is 25.7. The van der Waals surface area contributed by atoms with Gasteiger partial charge < -0.3 is 15.0 Å². The number of alkyl halides is 3. The van der Waals surface area contributed by atoms with E-state index in [9.17, 15) is 18.0 Å². The highest BCUT2D eigenvalue weighted by Crippen LogP contribution is 2.30. The van der Waals surface area contributed by atoms with E-state index in [4.69, 9.17) is 9.68 Å². The zero-order valence-corrected chi connectivity index (χ0v) is 16.9. The van der Waals surface area contributed by atoms with Crippen LogP contribution >= 0.6 is 0 Å². The van der Waals surface area contributed by atoms with Crippen LogP contribution in [0.1, 0.15) is 34.9 Å². The maximum Gasteiger partial charge on any atom is 0.434 e. The number of carbonyl (C=O) groups excluding carboxylic acids is 1. The van der Waals surface area contributed by atoms with Gasteiger partial charge in [-0.2, -0.15) is 13.2 Å². The molecular formula is C20H21F3N4O3. The predicted molar refractivity (Wildman–Crippen MR) is 105 cm³/mol. The van der Waals surface area contributed by atoms with E-state index in [2.05, 4.69) is 20.6 Å². The summed E-state index contributed by atoms with van der Waals surface area (Å²) in [5.74, 6) is -0.464. The maximum absolute atomic E-state index is 13.2. The lowest BCUT2D eigenvalue weighted by atomic mass is 9.98. The Morgan fingerprint density at radius 1 is 1.17 bits per heavy atom. The number of halogens is 3. The lowest BCUT2D eigenvalue weighted by Crippen LogP contribution is -2.29. The van der Waals surface area contributed by atoms with Crippen molar-refractivity contribution in [1.29, 1.82) is 0 Å². The molecule has 0 bridgehead atoms. The molecule has 1 amide bonds. The molecule has 0 spiro atoms. The number of likely N-dealkylation sites (N-methyl/N-ethyl adjacent to an activating group) is 1. The summed E-state index contributed by atoms with van der Waals surface area (Å²) in [5, 5.41) is 10.1. The Kier molecular flexibility index (Phi) is 7.51. The molecule has 2 aromatic rings. The second kappa shape index (κ2) is 9.86. The number of hydrogen-bond donors (Lipinski definition) is 1. The molecule has 160 valence electrons. The third kappa shape index (κ3) is 5.34. The van der Waals surface area contributed by atoms with E-state index in [1.165, 1.54) is 33.2 Å². The van der Waals surface area contributed by atoms with Gasteiger partial charge in [0.25, 0.3) is 5.91 Å². The van der Waals surface area contributed by atoms with Crippen molar-refractivity contribution in [3.05, 3.63) is 64.5 Å². The molecule has 0 aliphatic rings. The van der Waals surface area contributed by atoms with E-state index in [1.54, 1.807) is 25.1 Å². The van der Waals surface area contributed by atoms with E-state index >= 15 is 0 Å². The Labute approximate surface area is 171 Å². The first-order chi connectivity index (χ1) is 14.2. The molecule has 1 aromatic heterocycles. The minimum absolute atomic E-state index is 0.0163. The number of aryl methyl sites for hydroxylation is 1. The number of pyridine rings is 1. The van der Waals surface area contributed by atoms with Crippen LogP contribution in [0.2, 0.25) is 0 Å². The van der Waals surface area contributed by atoms with Gasteiger partial charge >= 0.3 is 6.18 Å². The molecule has 0 atom stereocenters. The van der Waals surface area contributed by atoms with Gasteiger partial charge in [0.05, 0.1) is 5.71 Å². The average Bonchev–Trinajstić information content (AvgIpc) is 2.72. The van der Waals surface area contributed by atoms with E-state index in [1.807, 2.05) is 0 Å². The molecule has 0 fully saturated rings. The largest absolute Gasteiger partial charge is 0.434 e. The van der Waals surface area contributed by atoms with Crippen molar-refractivity contribution in [2.24, 2.45) is 10.3 Å². The topological polar surface area (TPSA) is 85.2 Å². The van der Waals surface area contributed by atoms with Gasteiger partial charge in [0.2, 0.25) is 0 Å². The number of aromatic nitrogens is 1. The first-order valence-electron chi connectivity index (χ1n) is 8.82. The summed E-state index contributed by atoms with van der Waals surface area (Å²) in [7, 11) is 2.77. The fourth-order valence-corrected chi connectivity index (χ4v) is 2.70. The van der Waals surface area contributed by atoms with Crippen LogP contribution in [0.5, 0.6) is 0 Å². The van der Waals surface area contributed by atoms with E-state index in [0.29, 0.717) is 11.1 Å². The Morgan fingerprint density at radius 3 is 2.50 bits per heavy atom. The van der Waals surface area contributed by atoms with Gasteiger partial charge in [-0.3, -0.25) is 9.78 Å². The smallest absolute Gasteiger partial charge is 0.398 e. The molecule has 1 N–H and O–H groups in total. The van der Waals surface area contributed by atoms with E-state index in [-0.39, 0.29) is 23.6 Å². The maximum atomic E-state index is 13.2. The number of rotatable bonds is 7. The number of benzene rings is 1. The first-order valence-corrected chi connectivity index (χ1v) is 8.82. The number of hydrogen-bond acceptors (Lipinski definition) is 6. The van der Waals surface area contributed by atoms with Crippen molar-refractivity contribution < 1.29 is 27.6 Å². The molecule has 30 heavy (non-hydrogen) atoms. The number of oxime groups is 2.